The number of para-hydroxylation sites is 1. The van der Waals surface area contributed by atoms with E-state index in [1.54, 1.807) is 0 Å². The molecule has 0 aromatic heterocycles. The number of nitrogens with zero attached hydrogens (tertiary/aromatic N) is 1. The van der Waals surface area contributed by atoms with Crippen molar-refractivity contribution < 1.29 is 0 Å². The maximum Gasteiger partial charge on any atom is 0.0642 e. The third-order valence-corrected chi connectivity index (χ3v) is 4.89. The minimum atomic E-state index is 0.546. The molecule has 0 spiro atoms. The van der Waals surface area contributed by atoms with Crippen LogP contribution in [0.2, 0.25) is 5.02 Å². The van der Waals surface area contributed by atoms with Gasteiger partial charge < -0.3 is 10.6 Å². The predicted octanol–water partition coefficient (Wildman–Crippen LogP) is 4.20. The Morgan fingerprint density at radius 1 is 1.26 bits per heavy atom. The number of hydrogen-bond acceptors (Lipinski definition) is 2. The lowest BCUT2D eigenvalue weighted by atomic mass is 9.84. The van der Waals surface area contributed by atoms with Gasteiger partial charge >= 0.3 is 0 Å². The van der Waals surface area contributed by atoms with Crippen LogP contribution in [0.5, 0.6) is 0 Å². The van der Waals surface area contributed by atoms with Gasteiger partial charge in [-0.3, -0.25) is 0 Å². The van der Waals surface area contributed by atoms with Gasteiger partial charge in [0, 0.05) is 19.6 Å². The molecule has 0 bridgehead atoms. The number of halogens is 1. The monoisotopic (exact) mass is 280 g/mol. The van der Waals surface area contributed by atoms with Crippen LogP contribution in [-0.2, 0) is 6.54 Å². The Hall–Kier alpha value is -0.730. The van der Waals surface area contributed by atoms with Gasteiger partial charge in [-0.2, -0.15) is 0 Å². The van der Waals surface area contributed by atoms with E-state index in [2.05, 4.69) is 24.9 Å². The van der Waals surface area contributed by atoms with Crippen LogP contribution < -0.4 is 10.6 Å². The third kappa shape index (κ3) is 3.24. The van der Waals surface area contributed by atoms with Crippen molar-refractivity contribution in [1.29, 1.82) is 0 Å². The Kier molecular flexibility index (Phi) is 5.12. The van der Waals surface area contributed by atoms with Crippen molar-refractivity contribution in [2.45, 2.75) is 51.6 Å². The Balaban J connectivity index is 2.14. The van der Waals surface area contributed by atoms with Gasteiger partial charge in [0.1, 0.15) is 0 Å². The molecule has 0 atom stereocenters. The molecule has 2 N–H and O–H groups in total. The molecular formula is C16H25ClN2. The summed E-state index contributed by atoms with van der Waals surface area (Å²) < 4.78 is 0. The second-order valence-corrected chi connectivity index (χ2v) is 6.05. The molecule has 106 valence electrons. The Bertz CT molecular complexity index is 411. The van der Waals surface area contributed by atoms with E-state index in [0.717, 1.165) is 22.2 Å². The molecule has 3 heteroatoms. The first-order valence-electron chi connectivity index (χ1n) is 7.37. The van der Waals surface area contributed by atoms with Crippen LogP contribution in [0.3, 0.4) is 0 Å². The number of benzene rings is 1. The van der Waals surface area contributed by atoms with Gasteiger partial charge in [-0.1, -0.05) is 37.1 Å². The van der Waals surface area contributed by atoms with E-state index in [1.165, 1.54) is 32.1 Å². The predicted molar refractivity (Wildman–Crippen MR) is 83.8 cm³/mol. The zero-order chi connectivity index (χ0) is 13.8. The summed E-state index contributed by atoms with van der Waals surface area (Å²) in [4.78, 5) is 2.36. The first-order valence-corrected chi connectivity index (χ1v) is 7.75. The summed E-state index contributed by atoms with van der Waals surface area (Å²) in [5.41, 5.74) is 8.12. The lowest BCUT2D eigenvalue weighted by Crippen LogP contribution is -2.36. The van der Waals surface area contributed by atoms with E-state index in [4.69, 9.17) is 17.3 Å². The molecular weight excluding hydrogens is 256 g/mol. The van der Waals surface area contributed by atoms with Crippen LogP contribution in [0.1, 0.15) is 44.6 Å². The molecule has 2 rings (SSSR count). The number of nitrogens with two attached hydrogens (primary N) is 1. The average Bonchev–Trinajstić information content (AvgIpc) is 2.46. The largest absolute Gasteiger partial charge is 0.370 e. The van der Waals surface area contributed by atoms with Crippen LogP contribution in [0.4, 0.5) is 5.69 Å². The molecule has 0 aliphatic heterocycles. The zero-order valence-electron chi connectivity index (χ0n) is 12.0. The molecule has 2 nitrogen and oxygen atoms in total. The summed E-state index contributed by atoms with van der Waals surface area (Å²) in [6.07, 6.45) is 6.53. The normalized spacial score (nSPS) is 23.4. The molecule has 19 heavy (non-hydrogen) atoms. The summed E-state index contributed by atoms with van der Waals surface area (Å²) >= 11 is 6.38. The fourth-order valence-electron chi connectivity index (χ4n) is 3.24. The number of anilines is 1. The number of hydrogen-bond donors (Lipinski definition) is 1. The highest BCUT2D eigenvalue weighted by Gasteiger charge is 2.25. The highest BCUT2D eigenvalue weighted by atomic mass is 35.5. The fraction of sp³-hybridized carbons (Fsp3) is 0.625. The van der Waals surface area contributed by atoms with E-state index in [0.29, 0.717) is 12.6 Å². The van der Waals surface area contributed by atoms with Crippen molar-refractivity contribution in [2.75, 3.05) is 11.9 Å². The molecule has 0 unspecified atom stereocenters. The van der Waals surface area contributed by atoms with Crippen LogP contribution >= 0.6 is 11.6 Å². The molecule has 0 saturated heterocycles. The standard InChI is InChI=1S/C16H25ClN2/c1-3-12-7-9-14(10-8-12)19(2)16-13(11-18)5-4-6-15(16)17/h4-6,12,14H,3,7-11,18H2,1-2H3. The lowest BCUT2D eigenvalue weighted by Gasteiger charge is -2.37. The fourth-order valence-corrected chi connectivity index (χ4v) is 3.57. The van der Waals surface area contributed by atoms with E-state index in [1.807, 2.05) is 12.1 Å². The smallest absolute Gasteiger partial charge is 0.0642 e. The van der Waals surface area contributed by atoms with Gasteiger partial charge in [0.05, 0.1) is 10.7 Å². The SMILES string of the molecule is CCC1CCC(N(C)c2c(Cl)cccc2CN)CC1. The first kappa shape index (κ1) is 14.7. The van der Waals surface area contributed by atoms with Crippen LogP contribution in [0, 0.1) is 5.92 Å². The molecule has 1 aliphatic carbocycles. The van der Waals surface area contributed by atoms with Crippen molar-refractivity contribution in [3.63, 3.8) is 0 Å². The second kappa shape index (κ2) is 6.62. The highest BCUT2D eigenvalue weighted by Crippen LogP contribution is 2.35. The van der Waals surface area contributed by atoms with E-state index in [9.17, 15) is 0 Å². The minimum absolute atomic E-state index is 0.546. The quantitative estimate of drug-likeness (QED) is 0.895. The summed E-state index contributed by atoms with van der Waals surface area (Å²) in [6, 6.07) is 6.63. The van der Waals surface area contributed by atoms with Crippen molar-refractivity contribution in [2.24, 2.45) is 11.7 Å². The minimum Gasteiger partial charge on any atom is -0.370 e. The maximum absolute atomic E-state index is 6.38. The molecule has 0 radical (unpaired) electrons. The summed E-state index contributed by atoms with van der Waals surface area (Å²) in [5.74, 6) is 0.921. The topological polar surface area (TPSA) is 29.3 Å². The second-order valence-electron chi connectivity index (χ2n) is 5.65. The molecule has 1 aromatic rings. The van der Waals surface area contributed by atoms with Gasteiger partial charge in [0.25, 0.3) is 0 Å². The maximum atomic E-state index is 6.38. The molecule has 1 fully saturated rings. The van der Waals surface area contributed by atoms with E-state index >= 15 is 0 Å². The Labute approximate surface area is 121 Å². The summed E-state index contributed by atoms with van der Waals surface area (Å²) in [7, 11) is 2.16. The van der Waals surface area contributed by atoms with Gasteiger partial charge in [0.2, 0.25) is 0 Å². The summed E-state index contributed by atoms with van der Waals surface area (Å²) in [6.45, 7) is 2.85. The average molecular weight is 281 g/mol. The van der Waals surface area contributed by atoms with Crippen molar-refractivity contribution in [3.05, 3.63) is 28.8 Å². The van der Waals surface area contributed by atoms with Gasteiger partial charge in [-0.05, 0) is 43.2 Å². The first-order chi connectivity index (χ1) is 9.17. The Morgan fingerprint density at radius 3 is 2.53 bits per heavy atom. The zero-order valence-corrected chi connectivity index (χ0v) is 12.8. The van der Waals surface area contributed by atoms with Crippen LogP contribution in [-0.4, -0.2) is 13.1 Å². The van der Waals surface area contributed by atoms with Crippen molar-refractivity contribution in [3.8, 4) is 0 Å². The molecule has 1 saturated carbocycles. The Morgan fingerprint density at radius 2 is 1.95 bits per heavy atom. The van der Waals surface area contributed by atoms with Crippen LogP contribution in [0.15, 0.2) is 18.2 Å². The summed E-state index contributed by atoms with van der Waals surface area (Å²) in [5, 5.41) is 0.822. The van der Waals surface area contributed by atoms with Gasteiger partial charge in [-0.15, -0.1) is 0 Å². The van der Waals surface area contributed by atoms with Crippen molar-refractivity contribution >= 4 is 17.3 Å². The molecule has 1 aromatic carbocycles. The van der Waals surface area contributed by atoms with Gasteiger partial charge in [0.15, 0.2) is 0 Å². The number of rotatable bonds is 4. The van der Waals surface area contributed by atoms with Gasteiger partial charge in [-0.25, -0.2) is 0 Å². The van der Waals surface area contributed by atoms with E-state index in [-0.39, 0.29) is 0 Å². The highest BCUT2D eigenvalue weighted by molar-refractivity contribution is 6.33. The third-order valence-electron chi connectivity index (χ3n) is 4.58. The molecule has 0 amide bonds. The lowest BCUT2D eigenvalue weighted by molar-refractivity contribution is 0.313. The van der Waals surface area contributed by atoms with Crippen LogP contribution in [0.25, 0.3) is 0 Å². The van der Waals surface area contributed by atoms with Crippen molar-refractivity contribution in [1.82, 2.24) is 0 Å². The molecule has 0 heterocycles. The molecule has 1 aliphatic rings. The van der Waals surface area contributed by atoms with E-state index < -0.39 is 0 Å².